The van der Waals surface area contributed by atoms with E-state index in [0.29, 0.717) is 31.7 Å². The highest BCUT2D eigenvalue weighted by Crippen LogP contribution is 2.23. The van der Waals surface area contributed by atoms with E-state index in [1.54, 1.807) is 6.92 Å². The number of rotatable bonds is 6. The topological polar surface area (TPSA) is 56.3 Å². The Kier molecular flexibility index (Phi) is 7.27. The zero-order valence-electron chi connectivity index (χ0n) is 14.9. The zero-order chi connectivity index (χ0) is 16.8. The quantitative estimate of drug-likeness (QED) is 0.758. The molecule has 23 heavy (non-hydrogen) atoms. The summed E-state index contributed by atoms with van der Waals surface area (Å²) in [5.74, 6) is 0.783. The van der Waals surface area contributed by atoms with E-state index in [9.17, 15) is 9.90 Å². The van der Waals surface area contributed by atoms with Gasteiger partial charge in [-0.15, -0.1) is 0 Å². The number of hydrogen-bond donors (Lipinski definition) is 1. The van der Waals surface area contributed by atoms with E-state index in [0.717, 1.165) is 45.7 Å². The van der Waals surface area contributed by atoms with Crippen LogP contribution in [0.5, 0.6) is 0 Å². The number of β-amino-alcohol motifs (C(OH)–C–C–N with tert-alkyl or cyclic N) is 1. The smallest absolute Gasteiger partial charge is 0.219 e. The molecule has 3 atom stereocenters. The van der Waals surface area contributed by atoms with E-state index in [4.69, 9.17) is 4.74 Å². The molecule has 0 saturated carbocycles. The number of amides is 1. The van der Waals surface area contributed by atoms with Gasteiger partial charge < -0.3 is 14.7 Å². The van der Waals surface area contributed by atoms with Crippen LogP contribution >= 0.6 is 0 Å². The van der Waals surface area contributed by atoms with E-state index in [1.807, 2.05) is 11.8 Å². The number of aliphatic hydroxyl groups is 1. The van der Waals surface area contributed by atoms with Crippen molar-refractivity contribution in [3.63, 3.8) is 0 Å². The molecular weight excluding hydrogens is 294 g/mol. The van der Waals surface area contributed by atoms with Crippen LogP contribution in [0.15, 0.2) is 0 Å². The van der Waals surface area contributed by atoms with Crippen LogP contribution < -0.4 is 0 Å². The molecule has 0 bridgehead atoms. The highest BCUT2D eigenvalue weighted by molar-refractivity contribution is 5.73. The van der Waals surface area contributed by atoms with Gasteiger partial charge in [0.25, 0.3) is 0 Å². The molecule has 6 heteroatoms. The Labute approximate surface area is 140 Å². The van der Waals surface area contributed by atoms with Crippen LogP contribution in [-0.2, 0) is 9.53 Å². The standard InChI is InChI=1S/C17H33N3O3/c1-4-23-13-16(22)11-18-10-14(2)17(12-18)20-7-5-6-19(8-9-20)15(3)21/h14,16-17,22H,4-13H2,1-3H3/t14-,16-,17-/m1/s1. The summed E-state index contributed by atoms with van der Waals surface area (Å²) in [6, 6.07) is 0.529. The fourth-order valence-corrected chi connectivity index (χ4v) is 3.86. The van der Waals surface area contributed by atoms with Crippen LogP contribution in [-0.4, -0.2) is 96.9 Å². The molecule has 0 unspecified atom stereocenters. The first-order valence-corrected chi connectivity index (χ1v) is 8.99. The zero-order valence-corrected chi connectivity index (χ0v) is 14.9. The van der Waals surface area contributed by atoms with Gasteiger partial charge in [0.05, 0.1) is 12.7 Å². The molecule has 2 fully saturated rings. The number of hydrogen-bond acceptors (Lipinski definition) is 5. The molecule has 0 spiro atoms. The van der Waals surface area contributed by atoms with Crippen molar-refractivity contribution in [3.05, 3.63) is 0 Å². The lowest BCUT2D eigenvalue weighted by atomic mass is 10.0. The van der Waals surface area contributed by atoms with Crippen molar-refractivity contribution in [1.82, 2.24) is 14.7 Å². The summed E-state index contributed by atoms with van der Waals surface area (Å²) in [5, 5.41) is 10.0. The lowest BCUT2D eigenvalue weighted by Gasteiger charge is -2.30. The first-order chi connectivity index (χ1) is 11.0. The van der Waals surface area contributed by atoms with Gasteiger partial charge in [-0.3, -0.25) is 14.6 Å². The minimum Gasteiger partial charge on any atom is -0.389 e. The molecule has 2 aliphatic rings. The van der Waals surface area contributed by atoms with Crippen molar-refractivity contribution in [2.75, 3.05) is 59.0 Å². The summed E-state index contributed by atoms with van der Waals surface area (Å²) in [7, 11) is 0. The van der Waals surface area contributed by atoms with Crippen molar-refractivity contribution in [1.29, 1.82) is 0 Å². The second-order valence-electron chi connectivity index (χ2n) is 6.97. The second-order valence-corrected chi connectivity index (χ2v) is 6.97. The molecule has 2 aliphatic heterocycles. The second kappa shape index (κ2) is 8.97. The lowest BCUT2D eigenvalue weighted by molar-refractivity contribution is -0.128. The highest BCUT2D eigenvalue weighted by atomic mass is 16.5. The fourth-order valence-electron chi connectivity index (χ4n) is 3.86. The highest BCUT2D eigenvalue weighted by Gasteiger charge is 2.35. The van der Waals surface area contributed by atoms with Crippen LogP contribution in [0.3, 0.4) is 0 Å². The first kappa shape index (κ1) is 18.6. The van der Waals surface area contributed by atoms with Gasteiger partial charge in [0.1, 0.15) is 0 Å². The normalized spacial score (nSPS) is 28.8. The minimum atomic E-state index is -0.404. The molecule has 1 amide bonds. The maximum absolute atomic E-state index is 11.6. The largest absolute Gasteiger partial charge is 0.389 e. The van der Waals surface area contributed by atoms with E-state index >= 15 is 0 Å². The van der Waals surface area contributed by atoms with Crippen molar-refractivity contribution >= 4 is 5.91 Å². The van der Waals surface area contributed by atoms with Crippen molar-refractivity contribution in [2.24, 2.45) is 5.92 Å². The Balaban J connectivity index is 1.82. The Morgan fingerprint density at radius 1 is 1.26 bits per heavy atom. The number of carbonyl (C=O) groups excluding carboxylic acids is 1. The van der Waals surface area contributed by atoms with Crippen LogP contribution in [0, 0.1) is 5.92 Å². The van der Waals surface area contributed by atoms with Gasteiger partial charge in [-0.05, 0) is 19.3 Å². The third-order valence-electron chi connectivity index (χ3n) is 5.08. The summed E-state index contributed by atoms with van der Waals surface area (Å²) in [5.41, 5.74) is 0. The molecule has 0 aromatic carbocycles. The molecule has 0 aromatic heterocycles. The van der Waals surface area contributed by atoms with Gasteiger partial charge >= 0.3 is 0 Å². The van der Waals surface area contributed by atoms with Gasteiger partial charge in [-0.1, -0.05) is 6.92 Å². The molecule has 0 aliphatic carbocycles. The van der Waals surface area contributed by atoms with Gasteiger partial charge in [0.15, 0.2) is 0 Å². The average molecular weight is 327 g/mol. The molecule has 2 saturated heterocycles. The minimum absolute atomic E-state index is 0.187. The molecule has 1 N–H and O–H groups in total. The number of ether oxygens (including phenoxy) is 1. The van der Waals surface area contributed by atoms with Crippen LogP contribution in [0.25, 0.3) is 0 Å². The summed E-state index contributed by atoms with van der Waals surface area (Å²) >= 11 is 0. The monoisotopic (exact) mass is 327 g/mol. The third-order valence-corrected chi connectivity index (χ3v) is 5.08. The van der Waals surface area contributed by atoms with E-state index in [1.165, 1.54) is 0 Å². The lowest BCUT2D eigenvalue weighted by Crippen LogP contribution is -2.43. The van der Waals surface area contributed by atoms with Gasteiger partial charge in [0, 0.05) is 65.4 Å². The Morgan fingerprint density at radius 2 is 2.04 bits per heavy atom. The van der Waals surface area contributed by atoms with Gasteiger partial charge in [-0.2, -0.15) is 0 Å². The molecule has 2 rings (SSSR count). The molecule has 2 heterocycles. The predicted molar refractivity (Wildman–Crippen MR) is 90.3 cm³/mol. The molecule has 0 radical (unpaired) electrons. The summed E-state index contributed by atoms with van der Waals surface area (Å²) in [4.78, 5) is 18.4. The molecule has 6 nitrogen and oxygen atoms in total. The number of aliphatic hydroxyl groups excluding tert-OH is 1. The first-order valence-electron chi connectivity index (χ1n) is 8.99. The predicted octanol–water partition coefficient (Wildman–Crippen LogP) is 0.258. The van der Waals surface area contributed by atoms with Gasteiger partial charge in [-0.25, -0.2) is 0 Å². The van der Waals surface area contributed by atoms with Crippen molar-refractivity contribution in [3.8, 4) is 0 Å². The van der Waals surface area contributed by atoms with Crippen molar-refractivity contribution < 1.29 is 14.6 Å². The summed E-state index contributed by atoms with van der Waals surface area (Å²) in [6.07, 6.45) is 0.647. The molecule has 134 valence electrons. The van der Waals surface area contributed by atoms with Crippen LogP contribution in [0.4, 0.5) is 0 Å². The Hall–Kier alpha value is -0.690. The number of carbonyl (C=O) groups is 1. The van der Waals surface area contributed by atoms with E-state index in [2.05, 4.69) is 16.7 Å². The third kappa shape index (κ3) is 5.41. The Bertz CT molecular complexity index is 380. The average Bonchev–Trinajstić information content (AvgIpc) is 2.73. The Morgan fingerprint density at radius 3 is 2.74 bits per heavy atom. The van der Waals surface area contributed by atoms with E-state index < -0.39 is 6.10 Å². The van der Waals surface area contributed by atoms with Crippen LogP contribution in [0.1, 0.15) is 27.2 Å². The molecule has 0 aromatic rings. The van der Waals surface area contributed by atoms with Crippen molar-refractivity contribution in [2.45, 2.75) is 39.3 Å². The van der Waals surface area contributed by atoms with E-state index in [-0.39, 0.29) is 5.91 Å². The maximum atomic E-state index is 11.6. The SMILES string of the molecule is CCOC[C@H](O)CN1C[C@@H](C)[C@H](N2CCCN(C(C)=O)CC2)C1. The maximum Gasteiger partial charge on any atom is 0.219 e. The fraction of sp³-hybridized carbons (Fsp3) is 0.941. The summed E-state index contributed by atoms with van der Waals surface area (Å²) < 4.78 is 5.30. The summed E-state index contributed by atoms with van der Waals surface area (Å²) in [6.45, 7) is 13.4. The number of likely N-dealkylation sites (tertiary alicyclic amines) is 1. The number of nitrogens with zero attached hydrogens (tertiary/aromatic N) is 3. The molecular formula is C17H33N3O3. The van der Waals surface area contributed by atoms with Crippen LogP contribution in [0.2, 0.25) is 0 Å². The van der Waals surface area contributed by atoms with Gasteiger partial charge in [0.2, 0.25) is 5.91 Å².